The van der Waals surface area contributed by atoms with Gasteiger partial charge in [0.25, 0.3) is 0 Å². The Labute approximate surface area is 64.7 Å². The number of rotatable bonds is 0. The van der Waals surface area contributed by atoms with Crippen molar-refractivity contribution in [2.75, 3.05) is 6.54 Å². The highest BCUT2D eigenvalue weighted by molar-refractivity contribution is 6.02. The maximum Gasteiger partial charge on any atom is 0.227 e. The van der Waals surface area contributed by atoms with E-state index in [0.717, 1.165) is 6.42 Å². The third kappa shape index (κ3) is 0.878. The molecule has 0 unspecified atom stereocenters. The van der Waals surface area contributed by atoms with Crippen molar-refractivity contribution in [2.45, 2.75) is 19.3 Å². The van der Waals surface area contributed by atoms with Crippen LogP contribution in [0.4, 0.5) is 0 Å². The highest BCUT2D eigenvalue weighted by Crippen LogP contribution is 2.23. The molecule has 1 amide bonds. The molecule has 0 aromatic heterocycles. The summed E-state index contributed by atoms with van der Waals surface area (Å²) in [7, 11) is 0. The summed E-state index contributed by atoms with van der Waals surface area (Å²) in [5.74, 6) is 0.228. The van der Waals surface area contributed by atoms with Crippen LogP contribution in [-0.2, 0) is 9.59 Å². The third-order valence-corrected chi connectivity index (χ3v) is 2.14. The van der Waals surface area contributed by atoms with Crippen LogP contribution in [0, 0.1) is 0 Å². The van der Waals surface area contributed by atoms with Gasteiger partial charge in [0.2, 0.25) is 5.91 Å². The normalized spacial score (nSPS) is 23.6. The smallest absolute Gasteiger partial charge is 0.227 e. The van der Waals surface area contributed by atoms with E-state index in [2.05, 4.69) is 0 Å². The number of carbonyl (C=O) groups is 2. The van der Waals surface area contributed by atoms with Gasteiger partial charge < -0.3 is 4.90 Å². The van der Waals surface area contributed by atoms with E-state index < -0.39 is 0 Å². The summed E-state index contributed by atoms with van der Waals surface area (Å²) in [6.07, 6.45) is 3.68. The van der Waals surface area contributed by atoms with Gasteiger partial charge >= 0.3 is 0 Å². The van der Waals surface area contributed by atoms with Crippen LogP contribution in [0.15, 0.2) is 11.8 Å². The molecule has 0 aliphatic carbocycles. The molecule has 1 fully saturated rings. The van der Waals surface area contributed by atoms with Crippen LogP contribution in [0.1, 0.15) is 19.3 Å². The van der Waals surface area contributed by atoms with Gasteiger partial charge in [-0.25, -0.2) is 0 Å². The SMILES string of the molecule is O=C1CCN2C(=O)CCC=C12. The van der Waals surface area contributed by atoms with Gasteiger partial charge in [0, 0.05) is 19.4 Å². The predicted octanol–water partition coefficient (Wildman–Crippen LogP) is 0.465. The van der Waals surface area contributed by atoms with Crippen molar-refractivity contribution < 1.29 is 9.59 Å². The van der Waals surface area contributed by atoms with Crippen LogP contribution in [0.25, 0.3) is 0 Å². The minimum absolute atomic E-state index is 0.105. The van der Waals surface area contributed by atoms with Gasteiger partial charge in [0.05, 0.1) is 5.70 Å². The molecule has 0 aromatic carbocycles. The molecule has 0 radical (unpaired) electrons. The van der Waals surface area contributed by atoms with E-state index in [1.807, 2.05) is 6.08 Å². The molecule has 0 aromatic rings. The maximum absolute atomic E-state index is 11.2. The number of Topliss-reactive ketones (excluding diaryl/α,β-unsaturated/α-hetero) is 1. The summed E-state index contributed by atoms with van der Waals surface area (Å²) < 4.78 is 0. The standard InChI is InChI=1S/C8H9NO2/c10-7-4-5-9-6(7)2-1-3-8(9)11/h2H,1,3-5H2. The lowest BCUT2D eigenvalue weighted by Gasteiger charge is -2.19. The van der Waals surface area contributed by atoms with E-state index in [4.69, 9.17) is 0 Å². The summed E-state index contributed by atoms with van der Waals surface area (Å²) >= 11 is 0. The van der Waals surface area contributed by atoms with E-state index >= 15 is 0 Å². The average Bonchev–Trinajstić information content (AvgIpc) is 2.35. The monoisotopic (exact) mass is 151 g/mol. The Morgan fingerprint density at radius 1 is 1.27 bits per heavy atom. The van der Waals surface area contributed by atoms with Crippen molar-refractivity contribution >= 4 is 11.7 Å². The average molecular weight is 151 g/mol. The van der Waals surface area contributed by atoms with Crippen molar-refractivity contribution in [3.8, 4) is 0 Å². The van der Waals surface area contributed by atoms with E-state index in [-0.39, 0.29) is 11.7 Å². The maximum atomic E-state index is 11.2. The zero-order valence-electron chi connectivity index (χ0n) is 6.17. The molecule has 0 N–H and O–H groups in total. The molecular weight excluding hydrogens is 142 g/mol. The first kappa shape index (κ1) is 6.58. The highest BCUT2D eigenvalue weighted by atomic mass is 16.2. The van der Waals surface area contributed by atoms with Gasteiger partial charge in [-0.1, -0.05) is 6.08 Å². The van der Waals surface area contributed by atoms with Gasteiger partial charge in [-0.05, 0) is 6.42 Å². The zero-order valence-corrected chi connectivity index (χ0v) is 6.17. The topological polar surface area (TPSA) is 37.4 Å². The second-order valence-corrected chi connectivity index (χ2v) is 2.85. The Bertz CT molecular complexity index is 255. The molecule has 0 saturated carbocycles. The molecule has 0 bridgehead atoms. The first-order valence-electron chi connectivity index (χ1n) is 3.83. The molecule has 0 spiro atoms. The molecule has 3 nitrogen and oxygen atoms in total. The first-order valence-corrected chi connectivity index (χ1v) is 3.83. The van der Waals surface area contributed by atoms with Crippen LogP contribution in [0.5, 0.6) is 0 Å². The van der Waals surface area contributed by atoms with Gasteiger partial charge in [0.1, 0.15) is 0 Å². The van der Waals surface area contributed by atoms with Crippen molar-refractivity contribution in [1.29, 1.82) is 0 Å². The van der Waals surface area contributed by atoms with E-state index in [1.165, 1.54) is 0 Å². The zero-order chi connectivity index (χ0) is 7.84. The predicted molar refractivity (Wildman–Crippen MR) is 38.7 cm³/mol. The molecule has 2 rings (SSSR count). The fraction of sp³-hybridized carbons (Fsp3) is 0.500. The number of amides is 1. The van der Waals surface area contributed by atoms with Crippen LogP contribution in [0.2, 0.25) is 0 Å². The largest absolute Gasteiger partial charge is 0.309 e. The number of hydrogen-bond donors (Lipinski definition) is 0. The fourth-order valence-electron chi connectivity index (χ4n) is 1.56. The lowest BCUT2D eigenvalue weighted by atomic mass is 10.1. The lowest BCUT2D eigenvalue weighted by molar-refractivity contribution is -0.130. The molecule has 2 aliphatic heterocycles. The number of ketones is 1. The Balaban J connectivity index is 2.35. The second kappa shape index (κ2) is 2.19. The third-order valence-electron chi connectivity index (χ3n) is 2.14. The van der Waals surface area contributed by atoms with Crippen molar-refractivity contribution in [1.82, 2.24) is 4.90 Å². The molecular formula is C8H9NO2. The Morgan fingerprint density at radius 3 is 2.82 bits per heavy atom. The van der Waals surface area contributed by atoms with Crippen molar-refractivity contribution in [3.63, 3.8) is 0 Å². The Morgan fingerprint density at radius 2 is 2.09 bits per heavy atom. The molecule has 2 aliphatic rings. The number of fused-ring (bicyclic) bond motifs is 1. The fourth-order valence-corrected chi connectivity index (χ4v) is 1.56. The molecule has 58 valence electrons. The summed E-state index contributed by atoms with van der Waals surface area (Å²) in [5, 5.41) is 0. The molecule has 11 heavy (non-hydrogen) atoms. The second-order valence-electron chi connectivity index (χ2n) is 2.85. The van der Waals surface area contributed by atoms with Crippen molar-refractivity contribution in [3.05, 3.63) is 11.8 Å². The van der Waals surface area contributed by atoms with Crippen LogP contribution in [0.3, 0.4) is 0 Å². The van der Waals surface area contributed by atoms with Crippen LogP contribution in [-0.4, -0.2) is 23.1 Å². The molecule has 0 atom stereocenters. The number of hydrogen-bond acceptors (Lipinski definition) is 2. The minimum atomic E-state index is 0.105. The van der Waals surface area contributed by atoms with Crippen molar-refractivity contribution in [2.24, 2.45) is 0 Å². The van der Waals surface area contributed by atoms with Gasteiger partial charge in [-0.2, -0.15) is 0 Å². The lowest BCUT2D eigenvalue weighted by Crippen LogP contribution is -2.29. The summed E-state index contributed by atoms with van der Waals surface area (Å²) in [5.41, 5.74) is 0.640. The highest BCUT2D eigenvalue weighted by Gasteiger charge is 2.31. The Kier molecular flexibility index (Phi) is 1.31. The first-order chi connectivity index (χ1) is 5.29. The summed E-state index contributed by atoms with van der Waals surface area (Å²) in [6.45, 7) is 0.601. The molecule has 2 heterocycles. The minimum Gasteiger partial charge on any atom is -0.309 e. The van der Waals surface area contributed by atoms with E-state index in [9.17, 15) is 9.59 Å². The van der Waals surface area contributed by atoms with Crippen LogP contribution < -0.4 is 0 Å². The van der Waals surface area contributed by atoms with Crippen LogP contribution >= 0.6 is 0 Å². The molecule has 3 heteroatoms. The van der Waals surface area contributed by atoms with E-state index in [1.54, 1.807) is 4.90 Å². The van der Waals surface area contributed by atoms with Gasteiger partial charge in [-0.3, -0.25) is 9.59 Å². The van der Waals surface area contributed by atoms with Gasteiger partial charge in [-0.15, -0.1) is 0 Å². The quantitative estimate of drug-likeness (QED) is 0.504. The number of allylic oxidation sites excluding steroid dienone is 2. The Hall–Kier alpha value is -1.12. The summed E-state index contributed by atoms with van der Waals surface area (Å²) in [6, 6.07) is 0. The number of carbonyl (C=O) groups excluding carboxylic acids is 2. The molecule has 1 saturated heterocycles. The van der Waals surface area contributed by atoms with Gasteiger partial charge in [0.15, 0.2) is 5.78 Å². The van der Waals surface area contributed by atoms with E-state index in [0.29, 0.717) is 25.1 Å². The summed E-state index contributed by atoms with van der Waals surface area (Å²) in [4.78, 5) is 23.8. The number of nitrogens with zero attached hydrogens (tertiary/aromatic N) is 1.